The van der Waals surface area contributed by atoms with Crippen LogP contribution in [-0.2, 0) is 4.43 Å². The van der Waals surface area contributed by atoms with Crippen LogP contribution in [0.25, 0.3) is 0 Å². The second-order valence-corrected chi connectivity index (χ2v) is 12.2. The number of hydrogen-bond donors (Lipinski definition) is 1. The summed E-state index contributed by atoms with van der Waals surface area (Å²) in [5.41, 5.74) is 0.921. The summed E-state index contributed by atoms with van der Waals surface area (Å²) in [4.78, 5) is 0. The van der Waals surface area contributed by atoms with Crippen LogP contribution in [0.2, 0.25) is 18.1 Å². The Balaban J connectivity index is 2.51. The second kappa shape index (κ2) is 6.92. The molecule has 0 saturated heterocycles. The zero-order valence-electron chi connectivity index (χ0n) is 13.0. The molecule has 0 aliphatic carbocycles. The van der Waals surface area contributed by atoms with E-state index >= 15 is 0 Å². The van der Waals surface area contributed by atoms with E-state index in [9.17, 15) is 5.11 Å². The van der Waals surface area contributed by atoms with Gasteiger partial charge in [0.05, 0.1) is 12.4 Å². The molecular formula is C16H25BrO2Si. The minimum Gasteiger partial charge on any atom is -0.549 e. The third-order valence-electron chi connectivity index (χ3n) is 3.88. The highest BCUT2D eigenvalue weighted by Crippen LogP contribution is 2.36. The monoisotopic (exact) mass is 356 g/mol. The predicted octanol–water partition coefficient (Wildman–Crippen LogP) is 5.41. The molecule has 4 heteroatoms. The molecule has 1 rings (SSSR count). The molecule has 0 aliphatic heterocycles. The van der Waals surface area contributed by atoms with Gasteiger partial charge in [0.2, 0.25) is 8.32 Å². The Morgan fingerprint density at radius 3 is 2.30 bits per heavy atom. The first kappa shape index (κ1) is 17.5. The fourth-order valence-corrected chi connectivity index (χ4v) is 2.45. The average Bonchev–Trinajstić information content (AvgIpc) is 2.34. The highest BCUT2D eigenvalue weighted by Gasteiger charge is 2.37. The van der Waals surface area contributed by atoms with Crippen LogP contribution in [0.5, 0.6) is 0 Å². The van der Waals surface area contributed by atoms with Gasteiger partial charge in [0.15, 0.2) is 0 Å². The van der Waals surface area contributed by atoms with E-state index in [-0.39, 0.29) is 5.04 Å². The highest BCUT2D eigenvalue weighted by molar-refractivity contribution is 9.10. The maximum atomic E-state index is 10.1. The summed E-state index contributed by atoms with van der Waals surface area (Å²) in [6.07, 6.45) is 3.76. The molecule has 112 valence electrons. The highest BCUT2D eigenvalue weighted by atomic mass is 79.9. The third-order valence-corrected chi connectivity index (χ3v) is 8.75. The van der Waals surface area contributed by atoms with Gasteiger partial charge in [-0.05, 0) is 48.3 Å². The van der Waals surface area contributed by atoms with Gasteiger partial charge in [-0.2, -0.15) is 0 Å². The Morgan fingerprint density at radius 1 is 1.25 bits per heavy atom. The van der Waals surface area contributed by atoms with Gasteiger partial charge in [-0.3, -0.25) is 0 Å². The molecule has 1 aromatic carbocycles. The van der Waals surface area contributed by atoms with E-state index in [0.29, 0.717) is 6.42 Å². The van der Waals surface area contributed by atoms with Crippen LogP contribution in [0.1, 0.15) is 38.9 Å². The van der Waals surface area contributed by atoms with E-state index in [1.54, 1.807) is 6.26 Å². The molecule has 0 radical (unpaired) electrons. The van der Waals surface area contributed by atoms with Crippen molar-refractivity contribution in [3.8, 4) is 0 Å². The summed E-state index contributed by atoms with van der Waals surface area (Å²) in [5, 5.41) is 10.3. The van der Waals surface area contributed by atoms with Crippen LogP contribution in [0.3, 0.4) is 0 Å². The number of aliphatic hydroxyl groups is 1. The van der Waals surface area contributed by atoms with E-state index in [1.807, 2.05) is 30.3 Å². The van der Waals surface area contributed by atoms with Crippen LogP contribution < -0.4 is 0 Å². The number of aliphatic hydroxyl groups excluding tert-OH is 1. The SMILES string of the molecule is CC(C)(C)[Si](C)(C)O/C=C\C[C@H](O)c1ccc(Br)cc1. The smallest absolute Gasteiger partial charge is 0.249 e. The summed E-state index contributed by atoms with van der Waals surface area (Å²) >= 11 is 3.39. The van der Waals surface area contributed by atoms with Gasteiger partial charge in [0.25, 0.3) is 0 Å². The average molecular weight is 357 g/mol. The molecule has 0 unspecified atom stereocenters. The Morgan fingerprint density at radius 2 is 1.80 bits per heavy atom. The molecule has 0 bridgehead atoms. The lowest BCUT2D eigenvalue weighted by molar-refractivity contribution is 0.181. The molecule has 0 aromatic heterocycles. The molecule has 20 heavy (non-hydrogen) atoms. The van der Waals surface area contributed by atoms with Crippen molar-refractivity contribution in [2.45, 2.75) is 51.4 Å². The fourth-order valence-electron chi connectivity index (χ4n) is 1.40. The van der Waals surface area contributed by atoms with Crippen LogP contribution >= 0.6 is 15.9 Å². The fraction of sp³-hybridized carbons (Fsp3) is 0.500. The Bertz CT molecular complexity index is 447. The van der Waals surface area contributed by atoms with E-state index in [4.69, 9.17) is 4.43 Å². The van der Waals surface area contributed by atoms with Crippen LogP contribution in [0, 0.1) is 0 Å². The van der Waals surface area contributed by atoms with Crippen molar-refractivity contribution in [2.75, 3.05) is 0 Å². The van der Waals surface area contributed by atoms with E-state index in [0.717, 1.165) is 10.0 Å². The largest absolute Gasteiger partial charge is 0.549 e. The van der Waals surface area contributed by atoms with Crippen molar-refractivity contribution in [2.24, 2.45) is 0 Å². The van der Waals surface area contributed by atoms with Gasteiger partial charge < -0.3 is 9.53 Å². The van der Waals surface area contributed by atoms with Crippen LogP contribution in [0.4, 0.5) is 0 Å². The second-order valence-electron chi connectivity index (χ2n) is 6.55. The number of halogens is 1. The van der Waals surface area contributed by atoms with Crippen molar-refractivity contribution < 1.29 is 9.53 Å². The van der Waals surface area contributed by atoms with Gasteiger partial charge >= 0.3 is 0 Å². The summed E-state index contributed by atoms with van der Waals surface area (Å²) in [7, 11) is -1.74. The molecular weight excluding hydrogens is 332 g/mol. The van der Waals surface area contributed by atoms with Gasteiger partial charge in [-0.15, -0.1) is 0 Å². The number of rotatable bonds is 5. The first-order valence-corrected chi connectivity index (χ1v) is 10.6. The molecule has 0 spiro atoms. The maximum absolute atomic E-state index is 10.1. The topological polar surface area (TPSA) is 29.5 Å². The molecule has 0 amide bonds. The van der Waals surface area contributed by atoms with Crippen LogP contribution in [0.15, 0.2) is 41.1 Å². The van der Waals surface area contributed by atoms with E-state index < -0.39 is 14.4 Å². The zero-order valence-corrected chi connectivity index (χ0v) is 15.6. The minimum atomic E-state index is -1.74. The summed E-state index contributed by atoms with van der Waals surface area (Å²) in [6, 6.07) is 7.73. The van der Waals surface area contributed by atoms with Gasteiger partial charge in [0, 0.05) is 4.47 Å². The predicted molar refractivity (Wildman–Crippen MR) is 91.1 cm³/mol. The molecule has 0 fully saturated rings. The van der Waals surface area contributed by atoms with Crippen molar-refractivity contribution in [3.63, 3.8) is 0 Å². The third kappa shape index (κ3) is 5.07. The molecule has 2 nitrogen and oxygen atoms in total. The normalized spacial score (nSPS) is 14.6. The van der Waals surface area contributed by atoms with Crippen molar-refractivity contribution in [1.29, 1.82) is 0 Å². The molecule has 1 aromatic rings. The molecule has 0 saturated carbocycles. The lowest BCUT2D eigenvalue weighted by atomic mass is 10.1. The summed E-state index contributed by atoms with van der Waals surface area (Å²) < 4.78 is 6.96. The van der Waals surface area contributed by atoms with Gasteiger partial charge in [-0.1, -0.05) is 48.8 Å². The number of hydrogen-bond acceptors (Lipinski definition) is 2. The van der Waals surface area contributed by atoms with E-state index in [2.05, 4.69) is 49.8 Å². The molecule has 1 atom stereocenters. The molecule has 1 N–H and O–H groups in total. The van der Waals surface area contributed by atoms with Crippen molar-refractivity contribution >= 4 is 24.2 Å². The van der Waals surface area contributed by atoms with Gasteiger partial charge in [-0.25, -0.2) is 0 Å². The Labute approximate surface area is 132 Å². The Kier molecular flexibility index (Phi) is 6.04. The summed E-state index contributed by atoms with van der Waals surface area (Å²) in [6.45, 7) is 11.1. The minimum absolute atomic E-state index is 0.196. The van der Waals surface area contributed by atoms with Crippen LogP contribution in [-0.4, -0.2) is 13.4 Å². The molecule has 0 aliphatic rings. The lowest BCUT2D eigenvalue weighted by Crippen LogP contribution is -2.39. The summed E-state index contributed by atoms with van der Waals surface area (Å²) in [5.74, 6) is 0. The number of benzene rings is 1. The quantitative estimate of drug-likeness (QED) is 0.564. The Hall–Kier alpha value is -0.583. The first-order chi connectivity index (χ1) is 9.13. The maximum Gasteiger partial charge on any atom is 0.249 e. The lowest BCUT2D eigenvalue weighted by Gasteiger charge is -2.35. The van der Waals surface area contributed by atoms with Crippen molar-refractivity contribution in [3.05, 3.63) is 46.6 Å². The standard InChI is InChI=1S/C16H25BrO2Si/c1-16(2,3)20(4,5)19-12-6-7-15(18)13-8-10-14(17)11-9-13/h6,8-12,15,18H,7H2,1-5H3/b12-6-/t15-/m0/s1. The zero-order chi connectivity index (χ0) is 15.4. The van der Waals surface area contributed by atoms with Crippen molar-refractivity contribution in [1.82, 2.24) is 0 Å². The van der Waals surface area contributed by atoms with Gasteiger partial charge in [0.1, 0.15) is 0 Å². The first-order valence-electron chi connectivity index (χ1n) is 6.90. The van der Waals surface area contributed by atoms with E-state index in [1.165, 1.54) is 0 Å². The molecule has 0 heterocycles.